The van der Waals surface area contributed by atoms with E-state index >= 15 is 0 Å². The Kier molecular flexibility index (Phi) is 4.24. The maximum Gasteiger partial charge on any atom is 0.152 e. The minimum atomic E-state index is -0.643. The second kappa shape index (κ2) is 5.01. The number of ketones is 1. The molecule has 0 fully saturated rings. The summed E-state index contributed by atoms with van der Waals surface area (Å²) in [5.74, 6) is 0.254. The van der Waals surface area contributed by atoms with Crippen LogP contribution in [0.15, 0.2) is 18.2 Å². The van der Waals surface area contributed by atoms with Crippen LogP contribution in [0.1, 0.15) is 23.4 Å². The van der Waals surface area contributed by atoms with Gasteiger partial charge in [0.25, 0.3) is 0 Å². The van der Waals surface area contributed by atoms with Gasteiger partial charge in [-0.05, 0) is 30.2 Å². The number of Topliss-reactive ketones (excluding diaryl/α,β-unsaturated/α-hetero) is 1. The number of carbonyl (C=O) groups excluding carboxylic acids is 1. The summed E-state index contributed by atoms with van der Waals surface area (Å²) in [7, 11) is 0. The molecule has 14 heavy (non-hydrogen) atoms. The molecule has 0 radical (unpaired) electrons. The molecular formula is C10H9Cl3O. The van der Waals surface area contributed by atoms with Crippen molar-refractivity contribution >= 4 is 40.6 Å². The molecule has 1 rings (SSSR count). The van der Waals surface area contributed by atoms with Gasteiger partial charge in [0.2, 0.25) is 0 Å². The van der Waals surface area contributed by atoms with Crippen LogP contribution in [0, 0.1) is 0 Å². The molecule has 0 aliphatic carbocycles. The summed E-state index contributed by atoms with van der Waals surface area (Å²) < 4.78 is 0. The standard InChI is InChI=1S/C10H9Cl3O/c1-6(14)10(13)8-2-7(5-11)3-9(12)4-8/h2-4,10H,5H2,1H3. The van der Waals surface area contributed by atoms with Crippen molar-refractivity contribution in [1.29, 1.82) is 0 Å². The van der Waals surface area contributed by atoms with E-state index in [4.69, 9.17) is 34.8 Å². The van der Waals surface area contributed by atoms with Gasteiger partial charge in [0.15, 0.2) is 5.78 Å². The van der Waals surface area contributed by atoms with Crippen molar-refractivity contribution < 1.29 is 4.79 Å². The molecule has 0 bridgehead atoms. The fourth-order valence-corrected chi connectivity index (χ4v) is 1.68. The Bertz CT molecular complexity index is 349. The van der Waals surface area contributed by atoms with Gasteiger partial charge in [0, 0.05) is 10.9 Å². The van der Waals surface area contributed by atoms with Crippen molar-refractivity contribution in [2.24, 2.45) is 0 Å². The number of carbonyl (C=O) groups is 1. The maximum atomic E-state index is 11.0. The van der Waals surface area contributed by atoms with E-state index in [0.717, 1.165) is 5.56 Å². The first-order chi connectivity index (χ1) is 6.54. The molecule has 1 aromatic rings. The van der Waals surface area contributed by atoms with Crippen LogP contribution in [0.3, 0.4) is 0 Å². The highest BCUT2D eigenvalue weighted by Gasteiger charge is 2.14. The largest absolute Gasteiger partial charge is 0.298 e. The molecule has 4 heteroatoms. The number of hydrogen-bond donors (Lipinski definition) is 0. The fourth-order valence-electron chi connectivity index (χ4n) is 1.13. The molecule has 1 nitrogen and oxygen atoms in total. The Hall–Kier alpha value is -0.240. The first-order valence-electron chi connectivity index (χ1n) is 4.04. The Labute approximate surface area is 98.0 Å². The predicted molar refractivity (Wildman–Crippen MR) is 60.3 cm³/mol. The van der Waals surface area contributed by atoms with Gasteiger partial charge < -0.3 is 0 Å². The molecule has 0 saturated carbocycles. The minimum absolute atomic E-state index is 0.102. The van der Waals surface area contributed by atoms with Crippen LogP contribution in [-0.4, -0.2) is 5.78 Å². The van der Waals surface area contributed by atoms with Crippen molar-refractivity contribution in [3.05, 3.63) is 34.3 Å². The monoisotopic (exact) mass is 250 g/mol. The molecule has 0 N–H and O–H groups in total. The summed E-state index contributed by atoms with van der Waals surface area (Å²) in [6.45, 7) is 1.44. The molecule has 1 atom stereocenters. The van der Waals surface area contributed by atoms with Gasteiger partial charge in [-0.2, -0.15) is 0 Å². The van der Waals surface area contributed by atoms with E-state index in [1.807, 2.05) is 0 Å². The average Bonchev–Trinajstić information content (AvgIpc) is 2.15. The smallest absolute Gasteiger partial charge is 0.152 e. The summed E-state index contributed by atoms with van der Waals surface area (Å²) in [5, 5.41) is -0.0966. The predicted octanol–water partition coefficient (Wildman–Crippen LogP) is 3.95. The average molecular weight is 252 g/mol. The summed E-state index contributed by atoms with van der Waals surface area (Å²) in [4.78, 5) is 11.0. The molecule has 0 saturated heterocycles. The molecule has 0 spiro atoms. The number of rotatable bonds is 3. The number of hydrogen-bond acceptors (Lipinski definition) is 1. The molecule has 0 heterocycles. The van der Waals surface area contributed by atoms with Crippen LogP contribution in [0.25, 0.3) is 0 Å². The summed E-state index contributed by atoms with van der Waals surface area (Å²) in [6.07, 6.45) is 0. The van der Waals surface area contributed by atoms with Crippen LogP contribution in [0.4, 0.5) is 0 Å². The summed E-state index contributed by atoms with van der Waals surface area (Å²) >= 11 is 17.4. The Morgan fingerprint density at radius 3 is 2.57 bits per heavy atom. The fraction of sp³-hybridized carbons (Fsp3) is 0.300. The second-order valence-corrected chi connectivity index (χ2v) is 4.14. The van der Waals surface area contributed by atoms with Gasteiger partial charge in [-0.1, -0.05) is 17.7 Å². The zero-order valence-electron chi connectivity index (χ0n) is 7.56. The van der Waals surface area contributed by atoms with E-state index in [9.17, 15) is 4.79 Å². The van der Waals surface area contributed by atoms with Gasteiger partial charge in [-0.3, -0.25) is 4.79 Å². The maximum absolute atomic E-state index is 11.0. The van der Waals surface area contributed by atoms with Crippen molar-refractivity contribution in [1.82, 2.24) is 0 Å². The molecule has 76 valence electrons. The lowest BCUT2D eigenvalue weighted by atomic mass is 10.1. The van der Waals surface area contributed by atoms with Crippen molar-refractivity contribution in [3.63, 3.8) is 0 Å². The highest BCUT2D eigenvalue weighted by atomic mass is 35.5. The number of benzene rings is 1. The van der Waals surface area contributed by atoms with E-state index in [2.05, 4.69) is 0 Å². The van der Waals surface area contributed by atoms with Crippen LogP contribution >= 0.6 is 34.8 Å². The molecule has 0 aromatic heterocycles. The van der Waals surface area contributed by atoms with Crippen molar-refractivity contribution in [2.75, 3.05) is 0 Å². The molecule has 0 aliphatic heterocycles. The third-order valence-electron chi connectivity index (χ3n) is 1.78. The lowest BCUT2D eigenvalue weighted by Gasteiger charge is -2.08. The summed E-state index contributed by atoms with van der Waals surface area (Å²) in [6, 6.07) is 5.22. The highest BCUT2D eigenvalue weighted by molar-refractivity contribution is 6.32. The lowest BCUT2D eigenvalue weighted by Crippen LogP contribution is -2.02. The molecule has 0 aliphatic rings. The molecule has 1 unspecified atom stereocenters. The van der Waals surface area contributed by atoms with Gasteiger partial charge >= 0.3 is 0 Å². The van der Waals surface area contributed by atoms with Crippen molar-refractivity contribution in [3.8, 4) is 0 Å². The first kappa shape index (κ1) is 11.8. The number of halogens is 3. The van der Waals surface area contributed by atoms with Crippen LogP contribution < -0.4 is 0 Å². The zero-order chi connectivity index (χ0) is 10.7. The zero-order valence-corrected chi connectivity index (χ0v) is 9.83. The molecule has 1 aromatic carbocycles. The van der Waals surface area contributed by atoms with Gasteiger partial charge in [-0.25, -0.2) is 0 Å². The Morgan fingerprint density at radius 2 is 2.07 bits per heavy atom. The molecular weight excluding hydrogens is 242 g/mol. The van der Waals surface area contributed by atoms with Crippen molar-refractivity contribution in [2.45, 2.75) is 18.2 Å². The summed E-state index contributed by atoms with van der Waals surface area (Å²) in [5.41, 5.74) is 1.56. The van der Waals surface area contributed by atoms with Gasteiger partial charge in [-0.15, -0.1) is 23.2 Å². The Balaban J connectivity index is 3.08. The topological polar surface area (TPSA) is 17.1 Å². The normalized spacial score (nSPS) is 12.6. The third-order valence-corrected chi connectivity index (χ3v) is 2.87. The first-order valence-corrected chi connectivity index (χ1v) is 5.39. The van der Waals surface area contributed by atoms with E-state index in [1.165, 1.54) is 6.92 Å². The SMILES string of the molecule is CC(=O)C(Cl)c1cc(Cl)cc(CCl)c1. The van der Waals surface area contributed by atoms with E-state index in [-0.39, 0.29) is 5.78 Å². The quantitative estimate of drug-likeness (QED) is 0.744. The van der Waals surface area contributed by atoms with E-state index < -0.39 is 5.38 Å². The van der Waals surface area contributed by atoms with Crippen LogP contribution in [0.5, 0.6) is 0 Å². The third kappa shape index (κ3) is 2.88. The second-order valence-electron chi connectivity index (χ2n) is 3.00. The van der Waals surface area contributed by atoms with Crippen LogP contribution in [0.2, 0.25) is 5.02 Å². The Morgan fingerprint density at radius 1 is 1.43 bits per heavy atom. The minimum Gasteiger partial charge on any atom is -0.298 e. The lowest BCUT2D eigenvalue weighted by molar-refractivity contribution is -0.116. The van der Waals surface area contributed by atoms with Gasteiger partial charge in [0.05, 0.1) is 0 Å². The van der Waals surface area contributed by atoms with E-state index in [0.29, 0.717) is 16.5 Å². The van der Waals surface area contributed by atoms with E-state index in [1.54, 1.807) is 18.2 Å². The van der Waals surface area contributed by atoms with Crippen LogP contribution in [-0.2, 0) is 10.7 Å². The number of alkyl halides is 2. The van der Waals surface area contributed by atoms with Gasteiger partial charge in [0.1, 0.15) is 5.38 Å². The molecule has 0 amide bonds. The highest BCUT2D eigenvalue weighted by Crippen LogP contribution is 2.26.